The number of hydroxylamine groups is 2. The van der Waals surface area contributed by atoms with Gasteiger partial charge >= 0.3 is 5.13 Å². The third-order valence-electron chi connectivity index (χ3n) is 4.02. The van der Waals surface area contributed by atoms with Crippen LogP contribution >= 0.6 is 23.1 Å². The number of aromatic nitrogens is 2. The van der Waals surface area contributed by atoms with Crippen LogP contribution in [0.4, 0.5) is 5.13 Å². The van der Waals surface area contributed by atoms with Gasteiger partial charge in [-0.15, -0.1) is 5.10 Å². The lowest BCUT2D eigenvalue weighted by atomic mass is 10.3. The summed E-state index contributed by atoms with van der Waals surface area (Å²) in [7, 11) is 2.00. The predicted molar refractivity (Wildman–Crippen MR) is 89.8 cm³/mol. The fourth-order valence-electron chi connectivity index (χ4n) is 2.97. The van der Waals surface area contributed by atoms with Gasteiger partial charge in [0.2, 0.25) is 0 Å². The number of hydrogen-bond acceptors (Lipinski definition) is 8. The van der Waals surface area contributed by atoms with Gasteiger partial charge in [0.15, 0.2) is 10.5 Å². The summed E-state index contributed by atoms with van der Waals surface area (Å²) < 4.78 is 5.92. The molecule has 3 heterocycles. The molecule has 3 rings (SSSR count). The van der Waals surface area contributed by atoms with E-state index >= 15 is 0 Å². The van der Waals surface area contributed by atoms with Crippen LogP contribution in [-0.4, -0.2) is 78.5 Å². The number of ether oxygens (including phenoxy) is 1. The molecule has 2 atom stereocenters. The molecule has 7 nitrogen and oxygen atoms in total. The molecule has 0 spiro atoms. The van der Waals surface area contributed by atoms with Gasteiger partial charge in [0, 0.05) is 18.8 Å². The van der Waals surface area contributed by atoms with Gasteiger partial charge in [-0.3, -0.25) is 9.55 Å². The summed E-state index contributed by atoms with van der Waals surface area (Å²) in [6, 6.07) is 0. The predicted octanol–water partition coefficient (Wildman–Crippen LogP) is 1.41. The molecule has 0 saturated carbocycles. The van der Waals surface area contributed by atoms with Crippen LogP contribution in [0.3, 0.4) is 0 Å². The number of hydrogen-bond donors (Lipinski definition) is 0. The number of nitrogens with zero attached hydrogens (tertiary/aromatic N) is 5. The van der Waals surface area contributed by atoms with Crippen molar-refractivity contribution in [3.63, 3.8) is 0 Å². The van der Waals surface area contributed by atoms with E-state index in [0.29, 0.717) is 25.0 Å². The van der Waals surface area contributed by atoms with Crippen molar-refractivity contribution in [3.8, 4) is 0 Å². The average Bonchev–Trinajstić information content (AvgIpc) is 3.11. The van der Waals surface area contributed by atoms with Crippen molar-refractivity contribution in [1.82, 2.24) is 24.6 Å². The maximum Gasteiger partial charge on any atom is 0.309 e. The minimum atomic E-state index is -0.402. The van der Waals surface area contributed by atoms with Gasteiger partial charge in [-0.2, -0.15) is 0 Å². The lowest BCUT2D eigenvalue weighted by Gasteiger charge is -2.45. The number of thioether (sulfide) groups is 1. The molecule has 0 aliphatic carbocycles. The van der Waals surface area contributed by atoms with Gasteiger partial charge in [0.05, 0.1) is 19.8 Å². The number of likely N-dealkylation sites (N-methyl/N-ethyl adjacent to an activating group) is 1. The summed E-state index contributed by atoms with van der Waals surface area (Å²) >= 11 is 3.14. The van der Waals surface area contributed by atoms with E-state index in [-0.39, 0.29) is 6.17 Å². The zero-order chi connectivity index (χ0) is 15.6. The number of rotatable bonds is 5. The van der Waals surface area contributed by atoms with Crippen molar-refractivity contribution in [2.75, 3.05) is 52.3 Å². The largest absolute Gasteiger partial charge is 0.623 e. The van der Waals surface area contributed by atoms with E-state index in [1.165, 1.54) is 11.3 Å². The Morgan fingerprint density at radius 1 is 1.41 bits per heavy atom. The fraction of sp³-hybridized carbons (Fsp3) is 0.846. The van der Waals surface area contributed by atoms with Crippen LogP contribution in [0, 0.1) is 5.21 Å². The van der Waals surface area contributed by atoms with E-state index in [1.807, 2.05) is 7.05 Å². The SMILES string of the molecule is CCCSc1nnc([N+]2([O-])CN(C)CC2N2CCOCC2)s1. The van der Waals surface area contributed by atoms with Crippen LogP contribution in [0.5, 0.6) is 0 Å². The zero-order valence-electron chi connectivity index (χ0n) is 13.1. The molecule has 9 heteroatoms. The second kappa shape index (κ2) is 7.08. The third kappa shape index (κ3) is 3.30. The van der Waals surface area contributed by atoms with Crippen molar-refractivity contribution in [2.45, 2.75) is 23.8 Å². The molecule has 0 amide bonds. The monoisotopic (exact) mass is 345 g/mol. The lowest BCUT2D eigenvalue weighted by Crippen LogP contribution is -2.59. The highest BCUT2D eigenvalue weighted by Gasteiger charge is 2.46. The van der Waals surface area contributed by atoms with Gasteiger partial charge < -0.3 is 9.94 Å². The fourth-order valence-corrected chi connectivity index (χ4v) is 4.81. The topological polar surface area (TPSA) is 64.6 Å². The van der Waals surface area contributed by atoms with Gasteiger partial charge in [0.1, 0.15) is 6.67 Å². The Morgan fingerprint density at radius 3 is 2.91 bits per heavy atom. The van der Waals surface area contributed by atoms with Crippen LogP contribution in [0.15, 0.2) is 4.34 Å². The average molecular weight is 345 g/mol. The summed E-state index contributed by atoms with van der Waals surface area (Å²) in [5.74, 6) is 1.01. The Bertz CT molecular complexity index is 497. The Kier molecular flexibility index (Phi) is 5.33. The van der Waals surface area contributed by atoms with Gasteiger partial charge in [-0.25, -0.2) is 4.90 Å². The molecule has 0 bridgehead atoms. The Morgan fingerprint density at radius 2 is 2.18 bits per heavy atom. The lowest BCUT2D eigenvalue weighted by molar-refractivity contribution is -0.00410. The Hall–Kier alpha value is -0.290. The maximum atomic E-state index is 13.5. The zero-order valence-corrected chi connectivity index (χ0v) is 14.7. The molecule has 2 aliphatic heterocycles. The quantitative estimate of drug-likeness (QED) is 0.454. The number of morpholine rings is 1. The van der Waals surface area contributed by atoms with Gasteiger partial charge in [-0.05, 0) is 24.8 Å². The molecule has 0 N–H and O–H groups in total. The highest BCUT2D eigenvalue weighted by Crippen LogP contribution is 2.37. The summed E-state index contributed by atoms with van der Waals surface area (Å²) in [6.45, 7) is 6.38. The van der Waals surface area contributed by atoms with Gasteiger partial charge in [0.25, 0.3) is 0 Å². The van der Waals surface area contributed by atoms with Crippen molar-refractivity contribution in [2.24, 2.45) is 0 Å². The van der Waals surface area contributed by atoms with Crippen molar-refractivity contribution in [3.05, 3.63) is 5.21 Å². The van der Waals surface area contributed by atoms with E-state index in [9.17, 15) is 5.21 Å². The Balaban J connectivity index is 1.79. The molecular weight excluding hydrogens is 322 g/mol. The smallest absolute Gasteiger partial charge is 0.309 e. The molecule has 2 saturated heterocycles. The summed E-state index contributed by atoms with van der Waals surface area (Å²) in [5, 5.41) is 22.6. The van der Waals surface area contributed by atoms with Crippen molar-refractivity contribution in [1.29, 1.82) is 0 Å². The van der Waals surface area contributed by atoms with E-state index < -0.39 is 4.65 Å². The molecule has 2 unspecified atom stereocenters. The minimum Gasteiger partial charge on any atom is -0.623 e. The van der Waals surface area contributed by atoms with Crippen LogP contribution in [0.25, 0.3) is 0 Å². The first-order valence-electron chi connectivity index (χ1n) is 7.69. The summed E-state index contributed by atoms with van der Waals surface area (Å²) in [6.07, 6.45) is 0.988. The van der Waals surface area contributed by atoms with E-state index in [2.05, 4.69) is 26.9 Å². The molecule has 22 heavy (non-hydrogen) atoms. The summed E-state index contributed by atoms with van der Waals surface area (Å²) in [5.41, 5.74) is 0. The minimum absolute atomic E-state index is 0.106. The molecule has 0 radical (unpaired) electrons. The second-order valence-electron chi connectivity index (χ2n) is 5.80. The second-order valence-corrected chi connectivity index (χ2v) is 8.10. The molecule has 1 aromatic heterocycles. The van der Waals surface area contributed by atoms with Crippen molar-refractivity contribution >= 4 is 28.2 Å². The standard InChI is InChI=1S/C13H23N5O2S2/c1-3-8-21-13-15-14-12(22-13)18(19)10-16(2)9-11(18)17-4-6-20-7-5-17/h11H,3-10H2,1-2H3. The molecule has 2 fully saturated rings. The first-order valence-corrected chi connectivity index (χ1v) is 9.49. The van der Waals surface area contributed by atoms with Crippen LogP contribution in [-0.2, 0) is 4.74 Å². The van der Waals surface area contributed by atoms with Crippen molar-refractivity contribution < 1.29 is 4.74 Å². The van der Waals surface area contributed by atoms with E-state index in [0.717, 1.165) is 36.1 Å². The van der Waals surface area contributed by atoms with Crippen LogP contribution in [0.1, 0.15) is 13.3 Å². The van der Waals surface area contributed by atoms with Crippen LogP contribution in [0.2, 0.25) is 0 Å². The van der Waals surface area contributed by atoms with E-state index in [4.69, 9.17) is 4.74 Å². The molecular formula is C13H23N5O2S2. The first-order chi connectivity index (χ1) is 10.6. The third-order valence-corrected chi connectivity index (χ3v) is 6.40. The highest BCUT2D eigenvalue weighted by atomic mass is 32.2. The molecule has 0 aromatic carbocycles. The molecule has 1 aromatic rings. The summed E-state index contributed by atoms with van der Waals surface area (Å²) in [4.78, 5) is 4.34. The van der Waals surface area contributed by atoms with Gasteiger partial charge in [-0.1, -0.05) is 23.8 Å². The van der Waals surface area contributed by atoms with Crippen LogP contribution < -0.4 is 4.65 Å². The maximum absolute atomic E-state index is 13.5. The van der Waals surface area contributed by atoms with E-state index in [1.54, 1.807) is 11.8 Å². The number of quaternary nitrogens is 1. The highest BCUT2D eigenvalue weighted by molar-refractivity contribution is 8.01. The Labute approximate surface area is 139 Å². The molecule has 2 aliphatic rings. The molecule has 124 valence electrons. The normalized spacial score (nSPS) is 31.0. The first kappa shape index (κ1) is 16.6.